The summed E-state index contributed by atoms with van der Waals surface area (Å²) in [6.45, 7) is 6.05. The average Bonchev–Trinajstić information content (AvgIpc) is 2.95. The maximum atomic E-state index is 14.0. The van der Waals surface area contributed by atoms with Gasteiger partial charge in [-0.25, -0.2) is 4.39 Å². The molecular weight excluding hydrogens is 489 g/mol. The number of nitro benzene ring substituents is 1. The Morgan fingerprint density at radius 2 is 1.63 bits per heavy atom. The highest BCUT2D eigenvalue weighted by Crippen LogP contribution is 2.30. The van der Waals surface area contributed by atoms with Crippen LogP contribution in [-0.2, 0) is 11.3 Å². The molecule has 0 spiro atoms. The predicted octanol–water partition coefficient (Wildman–Crippen LogP) is 4.15. The zero-order valence-electron chi connectivity index (χ0n) is 21.0. The Morgan fingerprint density at radius 1 is 0.921 bits per heavy atom. The summed E-state index contributed by atoms with van der Waals surface area (Å²) >= 11 is 0. The molecule has 0 bridgehead atoms. The first-order valence-electron chi connectivity index (χ1n) is 12.7. The van der Waals surface area contributed by atoms with Gasteiger partial charge in [-0.15, -0.1) is 0 Å². The number of benzene rings is 3. The van der Waals surface area contributed by atoms with Crippen molar-refractivity contribution in [1.82, 2.24) is 4.90 Å². The van der Waals surface area contributed by atoms with Gasteiger partial charge in [0.2, 0.25) is 0 Å². The number of amides is 1. The molecule has 0 radical (unpaired) electrons. The number of nitro groups is 1. The molecule has 3 aromatic carbocycles. The van der Waals surface area contributed by atoms with E-state index >= 15 is 0 Å². The summed E-state index contributed by atoms with van der Waals surface area (Å²) in [4.78, 5) is 30.5. The van der Waals surface area contributed by atoms with Gasteiger partial charge in [-0.2, -0.15) is 0 Å². The molecule has 2 fully saturated rings. The summed E-state index contributed by atoms with van der Waals surface area (Å²) in [5.74, 6) is -0.577. The van der Waals surface area contributed by atoms with Crippen LogP contribution in [0.5, 0.6) is 0 Å². The van der Waals surface area contributed by atoms with Crippen LogP contribution in [0.1, 0.15) is 15.9 Å². The van der Waals surface area contributed by atoms with Gasteiger partial charge in [0, 0.05) is 74.4 Å². The number of morpholine rings is 1. The lowest BCUT2D eigenvalue weighted by atomic mass is 10.1. The van der Waals surface area contributed by atoms with E-state index < -0.39 is 10.8 Å². The summed E-state index contributed by atoms with van der Waals surface area (Å²) in [5.41, 5.74) is 2.99. The molecular formula is C28H30FN5O4. The maximum Gasteiger partial charge on any atom is 0.293 e. The molecule has 2 saturated heterocycles. The van der Waals surface area contributed by atoms with Gasteiger partial charge in [0.25, 0.3) is 11.6 Å². The van der Waals surface area contributed by atoms with E-state index in [2.05, 4.69) is 15.1 Å². The zero-order chi connectivity index (χ0) is 26.5. The van der Waals surface area contributed by atoms with Gasteiger partial charge in [0.15, 0.2) is 0 Å². The van der Waals surface area contributed by atoms with Gasteiger partial charge in [0.1, 0.15) is 11.5 Å². The first kappa shape index (κ1) is 25.6. The lowest BCUT2D eigenvalue weighted by molar-refractivity contribution is -0.384. The third-order valence-corrected chi connectivity index (χ3v) is 7.00. The number of carbonyl (C=O) groups is 1. The molecule has 0 unspecified atom stereocenters. The Labute approximate surface area is 220 Å². The van der Waals surface area contributed by atoms with Crippen LogP contribution >= 0.6 is 0 Å². The number of halogens is 1. The highest BCUT2D eigenvalue weighted by Gasteiger charge is 2.24. The molecule has 1 N–H and O–H groups in total. The molecule has 0 aromatic heterocycles. The minimum atomic E-state index is -0.452. The third kappa shape index (κ3) is 5.92. The van der Waals surface area contributed by atoms with Crippen LogP contribution in [0.4, 0.5) is 27.1 Å². The quantitative estimate of drug-likeness (QED) is 0.371. The molecule has 0 saturated carbocycles. The minimum Gasteiger partial charge on any atom is -0.378 e. The molecule has 1 amide bonds. The highest BCUT2D eigenvalue weighted by atomic mass is 19.1. The monoisotopic (exact) mass is 519 g/mol. The van der Waals surface area contributed by atoms with Crippen LogP contribution in [0, 0.1) is 15.9 Å². The normalized spacial score (nSPS) is 16.3. The van der Waals surface area contributed by atoms with Gasteiger partial charge in [-0.05, 0) is 42.5 Å². The number of ether oxygens (including phenoxy) is 1. The summed E-state index contributed by atoms with van der Waals surface area (Å²) in [7, 11) is 0. The Balaban J connectivity index is 1.18. The van der Waals surface area contributed by atoms with Crippen molar-refractivity contribution in [2.75, 3.05) is 67.6 Å². The standard InChI is InChI=1S/C28H30FN5O4/c29-25-4-2-1-3-22(25)20-31-11-13-32(14-12-31)24-8-6-23(7-9-24)30-28(35)21-5-10-26(27(19-21)34(36)37)33-15-17-38-18-16-33/h1-10,19H,11-18,20H2,(H,30,35). The number of hydrogen-bond acceptors (Lipinski definition) is 7. The Kier molecular flexibility index (Phi) is 7.81. The number of nitrogens with one attached hydrogen (secondary N) is 1. The number of piperazine rings is 1. The van der Waals surface area contributed by atoms with Gasteiger partial charge < -0.3 is 19.9 Å². The van der Waals surface area contributed by atoms with E-state index in [4.69, 9.17) is 4.74 Å². The van der Waals surface area contributed by atoms with E-state index in [1.807, 2.05) is 41.3 Å². The van der Waals surface area contributed by atoms with E-state index in [-0.39, 0.29) is 17.1 Å². The highest BCUT2D eigenvalue weighted by molar-refractivity contribution is 6.05. The fourth-order valence-corrected chi connectivity index (χ4v) is 4.87. The van der Waals surface area contributed by atoms with Crippen LogP contribution in [0.3, 0.4) is 0 Å². The molecule has 3 aromatic rings. The van der Waals surface area contributed by atoms with E-state index in [1.165, 1.54) is 12.1 Å². The van der Waals surface area contributed by atoms with Crippen LogP contribution in [0.15, 0.2) is 66.7 Å². The van der Waals surface area contributed by atoms with Crippen molar-refractivity contribution in [3.8, 4) is 0 Å². The number of nitrogens with zero attached hydrogens (tertiary/aromatic N) is 4. The lowest BCUT2D eigenvalue weighted by Crippen LogP contribution is -2.46. The van der Waals surface area contributed by atoms with Crippen LogP contribution in [0.25, 0.3) is 0 Å². The number of rotatable bonds is 7. The maximum absolute atomic E-state index is 14.0. The van der Waals surface area contributed by atoms with Crippen LogP contribution < -0.4 is 15.1 Å². The van der Waals surface area contributed by atoms with Crippen LogP contribution in [0.2, 0.25) is 0 Å². The van der Waals surface area contributed by atoms with Crippen molar-refractivity contribution in [1.29, 1.82) is 0 Å². The van der Waals surface area contributed by atoms with Crippen molar-refractivity contribution >= 4 is 28.7 Å². The lowest BCUT2D eigenvalue weighted by Gasteiger charge is -2.36. The number of hydrogen-bond donors (Lipinski definition) is 1. The van der Waals surface area contributed by atoms with Crippen molar-refractivity contribution in [2.45, 2.75) is 6.54 Å². The van der Waals surface area contributed by atoms with Crippen molar-refractivity contribution in [3.63, 3.8) is 0 Å². The molecule has 2 heterocycles. The second-order valence-corrected chi connectivity index (χ2v) is 9.42. The molecule has 10 heteroatoms. The largest absolute Gasteiger partial charge is 0.378 e. The second-order valence-electron chi connectivity index (χ2n) is 9.42. The molecule has 0 atom stereocenters. The van der Waals surface area contributed by atoms with Crippen molar-refractivity contribution in [3.05, 3.63) is 93.8 Å². The minimum absolute atomic E-state index is 0.0935. The Bertz CT molecular complexity index is 1290. The predicted molar refractivity (Wildman–Crippen MR) is 144 cm³/mol. The SMILES string of the molecule is O=C(Nc1ccc(N2CCN(Cc3ccccc3F)CC2)cc1)c1ccc(N2CCOCC2)c([N+](=O)[O-])c1. The van der Waals surface area contributed by atoms with E-state index in [0.717, 1.165) is 31.9 Å². The van der Waals surface area contributed by atoms with Gasteiger partial charge in [0.05, 0.1) is 18.1 Å². The van der Waals surface area contributed by atoms with E-state index in [1.54, 1.807) is 18.2 Å². The summed E-state index contributed by atoms with van der Waals surface area (Å²) in [5, 5.41) is 14.5. The Morgan fingerprint density at radius 3 is 2.32 bits per heavy atom. The number of carbonyl (C=O) groups excluding carboxylic acids is 1. The average molecular weight is 520 g/mol. The zero-order valence-corrected chi connectivity index (χ0v) is 21.0. The molecule has 198 valence electrons. The van der Waals surface area contributed by atoms with Gasteiger partial charge in [-0.1, -0.05) is 18.2 Å². The summed E-state index contributed by atoms with van der Waals surface area (Å²) in [6, 6.07) is 19.0. The summed E-state index contributed by atoms with van der Waals surface area (Å²) < 4.78 is 19.3. The van der Waals surface area contributed by atoms with E-state index in [0.29, 0.717) is 49.8 Å². The van der Waals surface area contributed by atoms with Crippen molar-refractivity contribution in [2.24, 2.45) is 0 Å². The first-order valence-corrected chi connectivity index (χ1v) is 12.7. The molecule has 5 rings (SSSR count). The topological polar surface area (TPSA) is 91.2 Å². The molecule has 0 aliphatic carbocycles. The van der Waals surface area contributed by atoms with Gasteiger partial charge in [-0.3, -0.25) is 19.8 Å². The van der Waals surface area contributed by atoms with Crippen LogP contribution in [-0.4, -0.2) is 68.2 Å². The second kappa shape index (κ2) is 11.6. The molecule has 2 aliphatic rings. The fraction of sp³-hybridized carbons (Fsp3) is 0.321. The van der Waals surface area contributed by atoms with E-state index in [9.17, 15) is 19.3 Å². The molecule has 38 heavy (non-hydrogen) atoms. The fourth-order valence-electron chi connectivity index (χ4n) is 4.87. The third-order valence-electron chi connectivity index (χ3n) is 7.00. The van der Waals surface area contributed by atoms with Gasteiger partial charge >= 0.3 is 0 Å². The summed E-state index contributed by atoms with van der Waals surface area (Å²) in [6.07, 6.45) is 0. The number of anilines is 3. The Hall–Kier alpha value is -4.02. The smallest absolute Gasteiger partial charge is 0.293 e. The first-order chi connectivity index (χ1) is 18.5. The molecule has 2 aliphatic heterocycles. The van der Waals surface area contributed by atoms with Crippen molar-refractivity contribution < 1.29 is 18.8 Å². The molecule has 9 nitrogen and oxygen atoms in total.